The van der Waals surface area contributed by atoms with Crippen LogP contribution >= 0.6 is 11.6 Å². The van der Waals surface area contributed by atoms with Crippen molar-refractivity contribution in [1.29, 1.82) is 0 Å². The maximum atomic E-state index is 12.9. The van der Waals surface area contributed by atoms with Gasteiger partial charge < -0.3 is 0 Å². The monoisotopic (exact) mass is 383 g/mol. The standard InChI is InChI=1S/C20H22ClN5O/c21-16-7-5-14(6-8-16)12-24-9-10-25-18(13-24)23-26-17(20(25)27)11-22-19(26)15-3-1-2-4-15/h5-8,11,15H,1-4,9-10,12-13H2. The second-order valence-electron chi connectivity index (χ2n) is 7.60. The summed E-state index contributed by atoms with van der Waals surface area (Å²) in [4.78, 5) is 19.8. The molecule has 0 unspecified atom stereocenters. The minimum absolute atomic E-state index is 0.0305. The number of rotatable bonds is 3. The lowest BCUT2D eigenvalue weighted by atomic mass is 10.1. The van der Waals surface area contributed by atoms with Gasteiger partial charge in [0.2, 0.25) is 0 Å². The first-order valence-corrected chi connectivity index (χ1v) is 10.0. The van der Waals surface area contributed by atoms with Gasteiger partial charge in [0.15, 0.2) is 5.52 Å². The van der Waals surface area contributed by atoms with Gasteiger partial charge in [0, 0.05) is 30.6 Å². The number of aromatic nitrogens is 4. The molecule has 1 fully saturated rings. The number of imidazole rings is 1. The van der Waals surface area contributed by atoms with Crippen molar-refractivity contribution in [1.82, 2.24) is 24.1 Å². The highest BCUT2D eigenvalue weighted by molar-refractivity contribution is 6.30. The topological polar surface area (TPSA) is 55.4 Å². The Balaban J connectivity index is 1.47. The Labute approximate surface area is 162 Å². The second kappa shape index (κ2) is 6.77. The number of benzene rings is 1. The molecule has 0 radical (unpaired) electrons. The van der Waals surface area contributed by atoms with E-state index >= 15 is 0 Å². The summed E-state index contributed by atoms with van der Waals surface area (Å²) in [6.07, 6.45) is 6.46. The van der Waals surface area contributed by atoms with Gasteiger partial charge in [0.25, 0.3) is 5.56 Å². The van der Waals surface area contributed by atoms with Crippen molar-refractivity contribution in [2.75, 3.05) is 6.54 Å². The summed E-state index contributed by atoms with van der Waals surface area (Å²) in [6.45, 7) is 2.98. The van der Waals surface area contributed by atoms with E-state index in [0.29, 0.717) is 24.5 Å². The predicted octanol–water partition coefficient (Wildman–Crippen LogP) is 3.22. The van der Waals surface area contributed by atoms with Crippen LogP contribution in [0.4, 0.5) is 0 Å². The van der Waals surface area contributed by atoms with Crippen LogP contribution in [0, 0.1) is 0 Å². The molecule has 0 amide bonds. The van der Waals surface area contributed by atoms with Crippen molar-refractivity contribution in [2.24, 2.45) is 0 Å². The third-order valence-corrected chi connectivity index (χ3v) is 6.05. The molecule has 3 aromatic rings. The molecule has 1 aromatic carbocycles. The maximum Gasteiger partial charge on any atom is 0.279 e. The third-order valence-electron chi connectivity index (χ3n) is 5.80. The van der Waals surface area contributed by atoms with Crippen LogP contribution in [0.15, 0.2) is 35.3 Å². The fourth-order valence-corrected chi connectivity index (χ4v) is 4.48. The smallest absolute Gasteiger partial charge is 0.279 e. The van der Waals surface area contributed by atoms with Gasteiger partial charge >= 0.3 is 0 Å². The lowest BCUT2D eigenvalue weighted by Crippen LogP contribution is -2.40. The van der Waals surface area contributed by atoms with Gasteiger partial charge in [-0.2, -0.15) is 5.10 Å². The molecule has 1 aliphatic heterocycles. The number of fused-ring (bicyclic) bond motifs is 2. The molecule has 0 spiro atoms. The summed E-state index contributed by atoms with van der Waals surface area (Å²) in [6, 6.07) is 7.93. The molecule has 7 heteroatoms. The number of nitrogens with zero attached hydrogens (tertiary/aromatic N) is 5. The van der Waals surface area contributed by atoms with E-state index in [1.165, 1.54) is 18.4 Å². The van der Waals surface area contributed by atoms with E-state index in [2.05, 4.69) is 22.0 Å². The van der Waals surface area contributed by atoms with E-state index in [1.807, 2.05) is 21.2 Å². The molecule has 1 aliphatic carbocycles. The van der Waals surface area contributed by atoms with Crippen LogP contribution in [0.5, 0.6) is 0 Å². The Hall–Kier alpha value is -2.18. The summed E-state index contributed by atoms with van der Waals surface area (Å²) in [5, 5.41) is 5.59. The predicted molar refractivity (Wildman–Crippen MR) is 104 cm³/mol. The zero-order chi connectivity index (χ0) is 18.4. The van der Waals surface area contributed by atoms with Gasteiger partial charge in [0.1, 0.15) is 11.6 Å². The molecule has 140 valence electrons. The Morgan fingerprint density at radius 1 is 1.11 bits per heavy atom. The SMILES string of the molecule is O=c1c2cnc(C3CCCC3)n2nc2n1CCN(Cc1ccc(Cl)cc1)C2. The summed E-state index contributed by atoms with van der Waals surface area (Å²) in [5.74, 6) is 2.21. The average molecular weight is 384 g/mol. The highest BCUT2D eigenvalue weighted by Gasteiger charge is 2.26. The van der Waals surface area contributed by atoms with E-state index in [0.717, 1.165) is 42.6 Å². The second-order valence-corrected chi connectivity index (χ2v) is 8.04. The number of hydrogen-bond donors (Lipinski definition) is 0. The summed E-state index contributed by atoms with van der Waals surface area (Å²) in [7, 11) is 0. The molecule has 0 saturated heterocycles. The first-order chi connectivity index (χ1) is 13.2. The lowest BCUT2D eigenvalue weighted by Gasteiger charge is -2.29. The highest BCUT2D eigenvalue weighted by Crippen LogP contribution is 2.33. The van der Waals surface area contributed by atoms with Gasteiger partial charge in [0.05, 0.1) is 12.7 Å². The van der Waals surface area contributed by atoms with Gasteiger partial charge in [-0.05, 0) is 30.5 Å². The van der Waals surface area contributed by atoms with Crippen LogP contribution in [0.3, 0.4) is 0 Å². The van der Waals surface area contributed by atoms with Crippen LogP contribution in [0.2, 0.25) is 5.02 Å². The van der Waals surface area contributed by atoms with E-state index in [-0.39, 0.29) is 5.56 Å². The van der Waals surface area contributed by atoms with Crippen LogP contribution in [0.25, 0.3) is 5.52 Å². The van der Waals surface area contributed by atoms with E-state index < -0.39 is 0 Å². The quantitative estimate of drug-likeness (QED) is 0.696. The molecular formula is C20H22ClN5O. The van der Waals surface area contributed by atoms with Crippen LogP contribution in [-0.2, 0) is 19.6 Å². The van der Waals surface area contributed by atoms with Gasteiger partial charge in [-0.15, -0.1) is 0 Å². The van der Waals surface area contributed by atoms with Crippen LogP contribution in [-0.4, -0.2) is 30.6 Å². The molecule has 0 atom stereocenters. The normalized spacial score (nSPS) is 18.3. The van der Waals surface area contributed by atoms with Crippen molar-refractivity contribution in [3.05, 3.63) is 63.1 Å². The minimum atomic E-state index is 0.0305. The van der Waals surface area contributed by atoms with Crippen LogP contribution < -0.4 is 5.56 Å². The van der Waals surface area contributed by atoms with Crippen molar-refractivity contribution < 1.29 is 0 Å². The molecule has 5 rings (SSSR count). The van der Waals surface area contributed by atoms with Gasteiger partial charge in [-0.1, -0.05) is 36.6 Å². The van der Waals surface area contributed by atoms with Crippen molar-refractivity contribution in [3.8, 4) is 0 Å². The average Bonchev–Trinajstić information content (AvgIpc) is 3.33. The molecule has 0 bridgehead atoms. The van der Waals surface area contributed by atoms with Crippen molar-refractivity contribution in [2.45, 2.75) is 51.2 Å². The Morgan fingerprint density at radius 2 is 1.89 bits per heavy atom. The molecule has 27 heavy (non-hydrogen) atoms. The first kappa shape index (κ1) is 17.0. The molecule has 2 aromatic heterocycles. The van der Waals surface area contributed by atoms with Crippen LogP contribution in [0.1, 0.15) is 48.8 Å². The van der Waals surface area contributed by atoms with E-state index in [1.54, 1.807) is 6.20 Å². The van der Waals surface area contributed by atoms with Gasteiger partial charge in [-0.25, -0.2) is 9.50 Å². The first-order valence-electron chi connectivity index (χ1n) is 9.63. The zero-order valence-corrected chi connectivity index (χ0v) is 15.9. The Bertz CT molecular complexity index is 1030. The fourth-order valence-electron chi connectivity index (χ4n) is 4.35. The molecule has 3 heterocycles. The minimum Gasteiger partial charge on any atom is -0.291 e. The molecule has 2 aliphatic rings. The largest absolute Gasteiger partial charge is 0.291 e. The highest BCUT2D eigenvalue weighted by atomic mass is 35.5. The fraction of sp³-hybridized carbons (Fsp3) is 0.450. The number of hydrogen-bond acceptors (Lipinski definition) is 4. The number of halogens is 1. The summed E-state index contributed by atoms with van der Waals surface area (Å²) < 4.78 is 3.63. The molecule has 0 N–H and O–H groups in total. The van der Waals surface area contributed by atoms with E-state index in [9.17, 15) is 4.79 Å². The Morgan fingerprint density at radius 3 is 2.67 bits per heavy atom. The Kier molecular flexibility index (Phi) is 4.25. The summed E-state index contributed by atoms with van der Waals surface area (Å²) in [5.41, 5.74) is 1.85. The van der Waals surface area contributed by atoms with Gasteiger partial charge in [-0.3, -0.25) is 14.3 Å². The van der Waals surface area contributed by atoms with E-state index in [4.69, 9.17) is 16.7 Å². The molecular weight excluding hydrogens is 362 g/mol. The van der Waals surface area contributed by atoms with Crippen molar-refractivity contribution >= 4 is 17.1 Å². The third kappa shape index (κ3) is 3.07. The zero-order valence-electron chi connectivity index (χ0n) is 15.1. The summed E-state index contributed by atoms with van der Waals surface area (Å²) >= 11 is 5.98. The lowest BCUT2D eigenvalue weighted by molar-refractivity contribution is 0.201. The molecule has 6 nitrogen and oxygen atoms in total. The van der Waals surface area contributed by atoms with Crippen molar-refractivity contribution in [3.63, 3.8) is 0 Å². The molecule has 1 saturated carbocycles. The maximum absolute atomic E-state index is 12.9.